The van der Waals surface area contributed by atoms with Crippen molar-refractivity contribution in [1.82, 2.24) is 20.0 Å². The minimum absolute atomic E-state index is 0.705. The quantitative estimate of drug-likeness (QED) is 0.832. The molecule has 0 unspecified atom stereocenters. The number of nitrogens with zero attached hydrogens (tertiary/aromatic N) is 5. The predicted molar refractivity (Wildman–Crippen MR) is 79.3 cm³/mol. The lowest BCUT2D eigenvalue weighted by Crippen LogP contribution is -2.63. The molecule has 0 spiro atoms. The van der Waals surface area contributed by atoms with Crippen LogP contribution in [0.3, 0.4) is 0 Å². The highest BCUT2D eigenvalue weighted by Gasteiger charge is 2.33. The number of aromatic nitrogens is 3. The molecule has 2 aromatic rings. The molecule has 0 bridgehead atoms. The molecule has 0 amide bonds. The second-order valence-corrected chi connectivity index (χ2v) is 5.94. The van der Waals surface area contributed by atoms with E-state index in [1.54, 1.807) is 0 Å². The Labute approximate surface area is 119 Å². The van der Waals surface area contributed by atoms with E-state index in [4.69, 9.17) is 0 Å². The molecule has 1 aromatic heterocycles. The average molecular weight is 271 g/mol. The summed E-state index contributed by atoms with van der Waals surface area (Å²) in [7, 11) is 0. The first-order chi connectivity index (χ1) is 9.92. The van der Waals surface area contributed by atoms with Gasteiger partial charge >= 0.3 is 0 Å². The summed E-state index contributed by atoms with van der Waals surface area (Å²) in [5, 5.41) is 10.8. The first-order valence-corrected chi connectivity index (χ1v) is 7.71. The number of hydrogen-bond acceptors (Lipinski definition) is 4. The van der Waals surface area contributed by atoms with Crippen LogP contribution in [0.2, 0.25) is 0 Å². The van der Waals surface area contributed by atoms with Crippen LogP contribution in [0.4, 0.5) is 0 Å². The van der Waals surface area contributed by atoms with Crippen molar-refractivity contribution in [1.29, 1.82) is 0 Å². The van der Waals surface area contributed by atoms with Gasteiger partial charge in [-0.25, -0.2) is 0 Å². The normalized spacial score (nSPS) is 21.9. The van der Waals surface area contributed by atoms with Gasteiger partial charge in [0.05, 0.1) is 13.1 Å². The Morgan fingerprint density at radius 2 is 1.70 bits per heavy atom. The molecule has 1 aromatic carbocycles. The van der Waals surface area contributed by atoms with Crippen LogP contribution in [0.1, 0.15) is 25.7 Å². The highest BCUT2D eigenvalue weighted by molar-refractivity contribution is 5.74. The predicted octanol–water partition coefficient (Wildman–Crippen LogP) is 1.63. The van der Waals surface area contributed by atoms with Gasteiger partial charge in [0, 0.05) is 6.04 Å². The topological polar surface area (TPSA) is 37.2 Å². The summed E-state index contributed by atoms with van der Waals surface area (Å²) in [6.45, 7) is 4.70. The molecule has 106 valence electrons. The van der Waals surface area contributed by atoms with Gasteiger partial charge in [0.15, 0.2) is 0 Å². The largest absolute Gasteiger partial charge is 0.297 e. The fourth-order valence-electron chi connectivity index (χ4n) is 3.34. The van der Waals surface area contributed by atoms with E-state index in [-0.39, 0.29) is 0 Å². The Morgan fingerprint density at radius 1 is 0.950 bits per heavy atom. The van der Waals surface area contributed by atoms with Crippen molar-refractivity contribution in [2.45, 2.75) is 31.7 Å². The van der Waals surface area contributed by atoms with Crippen molar-refractivity contribution in [2.75, 3.05) is 31.2 Å². The molecule has 5 heteroatoms. The molecule has 0 aliphatic carbocycles. The molecule has 4 rings (SSSR count). The van der Waals surface area contributed by atoms with Crippen LogP contribution in [0.15, 0.2) is 24.3 Å². The molecule has 5 nitrogen and oxygen atoms in total. The third-order valence-electron chi connectivity index (χ3n) is 4.60. The average Bonchev–Trinajstić information content (AvgIpc) is 2.66. The lowest BCUT2D eigenvalue weighted by Gasteiger charge is -2.45. The van der Waals surface area contributed by atoms with Gasteiger partial charge in [-0.1, -0.05) is 25.0 Å². The van der Waals surface area contributed by atoms with Crippen LogP contribution in [0.25, 0.3) is 11.0 Å². The van der Waals surface area contributed by atoms with E-state index in [0.29, 0.717) is 6.04 Å². The zero-order chi connectivity index (χ0) is 13.4. The maximum Gasteiger partial charge on any atom is 0.115 e. The van der Waals surface area contributed by atoms with Gasteiger partial charge in [-0.3, -0.25) is 9.91 Å². The molecular weight excluding hydrogens is 250 g/mol. The van der Waals surface area contributed by atoms with E-state index in [9.17, 15) is 0 Å². The van der Waals surface area contributed by atoms with Gasteiger partial charge in [0.1, 0.15) is 11.0 Å². The molecule has 0 atom stereocenters. The summed E-state index contributed by atoms with van der Waals surface area (Å²) in [6, 6.07) is 8.88. The number of fused-ring (bicyclic) bond motifs is 1. The van der Waals surface area contributed by atoms with Crippen LogP contribution in [-0.4, -0.2) is 52.2 Å². The first kappa shape index (κ1) is 12.1. The second-order valence-electron chi connectivity index (χ2n) is 5.94. The molecule has 0 N–H and O–H groups in total. The summed E-state index contributed by atoms with van der Waals surface area (Å²) in [5.74, 6) is 0. The highest BCUT2D eigenvalue weighted by Crippen LogP contribution is 2.20. The van der Waals surface area contributed by atoms with Crippen LogP contribution in [0, 0.1) is 0 Å². The van der Waals surface area contributed by atoms with Crippen molar-refractivity contribution >= 4 is 11.0 Å². The van der Waals surface area contributed by atoms with Gasteiger partial charge in [-0.15, -0.1) is 5.10 Å². The van der Waals surface area contributed by atoms with Crippen LogP contribution < -0.4 is 5.01 Å². The minimum Gasteiger partial charge on any atom is -0.297 e. The fourth-order valence-corrected chi connectivity index (χ4v) is 3.34. The minimum atomic E-state index is 0.705. The van der Waals surface area contributed by atoms with E-state index in [1.807, 2.05) is 23.0 Å². The maximum atomic E-state index is 4.29. The van der Waals surface area contributed by atoms with Crippen molar-refractivity contribution < 1.29 is 0 Å². The molecule has 0 saturated carbocycles. The Morgan fingerprint density at radius 3 is 2.50 bits per heavy atom. The van der Waals surface area contributed by atoms with Gasteiger partial charge in [-0.05, 0) is 43.3 Å². The number of rotatable bonds is 2. The summed E-state index contributed by atoms with van der Waals surface area (Å²) in [5.41, 5.74) is 2.09. The second kappa shape index (κ2) is 5.05. The molecule has 3 heterocycles. The van der Waals surface area contributed by atoms with Gasteiger partial charge < -0.3 is 0 Å². The Balaban J connectivity index is 1.45. The van der Waals surface area contributed by atoms with E-state index >= 15 is 0 Å². The SMILES string of the molecule is c1ccc2c(c1)nnn2N1CC(N2CCCCCC2)C1. The van der Waals surface area contributed by atoms with E-state index < -0.39 is 0 Å². The molecule has 2 fully saturated rings. The fraction of sp³-hybridized carbons (Fsp3) is 0.600. The zero-order valence-electron chi connectivity index (χ0n) is 11.8. The van der Waals surface area contributed by atoms with Crippen LogP contribution in [0.5, 0.6) is 0 Å². The van der Waals surface area contributed by atoms with Gasteiger partial charge in [-0.2, -0.15) is 4.79 Å². The molecule has 2 aliphatic heterocycles. The smallest absolute Gasteiger partial charge is 0.115 e. The Bertz CT molecular complexity index is 579. The number of likely N-dealkylation sites (tertiary alicyclic amines) is 1. The van der Waals surface area contributed by atoms with Crippen LogP contribution >= 0.6 is 0 Å². The maximum absolute atomic E-state index is 4.29. The van der Waals surface area contributed by atoms with Crippen molar-refractivity contribution in [2.24, 2.45) is 0 Å². The van der Waals surface area contributed by atoms with E-state index in [2.05, 4.69) is 26.3 Å². The van der Waals surface area contributed by atoms with Gasteiger partial charge in [0.25, 0.3) is 0 Å². The molecule has 2 saturated heterocycles. The van der Waals surface area contributed by atoms with Crippen molar-refractivity contribution in [3.05, 3.63) is 24.3 Å². The number of benzene rings is 1. The van der Waals surface area contributed by atoms with Crippen molar-refractivity contribution in [3.8, 4) is 0 Å². The van der Waals surface area contributed by atoms with E-state index in [0.717, 1.165) is 24.1 Å². The molecule has 0 radical (unpaired) electrons. The van der Waals surface area contributed by atoms with Gasteiger partial charge in [0.2, 0.25) is 0 Å². The molecule has 20 heavy (non-hydrogen) atoms. The van der Waals surface area contributed by atoms with Crippen molar-refractivity contribution in [3.63, 3.8) is 0 Å². The number of hydrogen-bond donors (Lipinski definition) is 0. The van der Waals surface area contributed by atoms with E-state index in [1.165, 1.54) is 38.8 Å². The third-order valence-corrected chi connectivity index (χ3v) is 4.60. The summed E-state index contributed by atoms with van der Waals surface area (Å²) < 4.78 is 0. The Hall–Kier alpha value is -1.62. The first-order valence-electron chi connectivity index (χ1n) is 7.71. The Kier molecular flexibility index (Phi) is 3.07. The lowest BCUT2D eigenvalue weighted by atomic mass is 10.1. The highest BCUT2D eigenvalue weighted by atomic mass is 15.7. The zero-order valence-corrected chi connectivity index (χ0v) is 11.8. The molecular formula is C15H21N5. The number of para-hydroxylation sites is 1. The third kappa shape index (κ3) is 2.06. The molecule has 2 aliphatic rings. The standard InChI is InChI=1S/C15H21N5/c1-2-6-10-18(9-5-1)13-11-19(12-13)20-15-8-4-3-7-14(15)16-17-20/h3-4,7-8,13H,1-2,5-6,9-12H2. The summed E-state index contributed by atoms with van der Waals surface area (Å²) in [6.07, 6.45) is 5.53. The summed E-state index contributed by atoms with van der Waals surface area (Å²) >= 11 is 0. The monoisotopic (exact) mass is 271 g/mol. The summed E-state index contributed by atoms with van der Waals surface area (Å²) in [4.78, 5) is 4.65. The lowest BCUT2D eigenvalue weighted by molar-refractivity contribution is 0.149. The van der Waals surface area contributed by atoms with Crippen LogP contribution in [-0.2, 0) is 0 Å².